The average molecular weight is 361 g/mol. The molecule has 3 heteroatoms. The van der Waals surface area contributed by atoms with E-state index in [2.05, 4.69) is 20.8 Å². The Morgan fingerprint density at radius 1 is 1.23 bits per heavy atom. The standard InChI is InChI=1S/C23H33FO2/c1-4-14-11-16(26)12-15-5-6-17-18-7-8-20(21(24)13-25)22(18,2)10-9-19(17)23(14,15)3/h12,14,17-19,25H,4-11,13H2,1-3H3/t14?,17-,18-,19-,22-,23-/m0/s1. The maximum atomic E-state index is 14.4. The minimum absolute atomic E-state index is 0.0717. The zero-order valence-corrected chi connectivity index (χ0v) is 16.5. The van der Waals surface area contributed by atoms with E-state index >= 15 is 0 Å². The van der Waals surface area contributed by atoms with Crippen LogP contribution in [-0.4, -0.2) is 17.5 Å². The van der Waals surface area contributed by atoms with Gasteiger partial charge in [0.15, 0.2) is 5.78 Å². The smallest absolute Gasteiger partial charge is 0.155 e. The van der Waals surface area contributed by atoms with E-state index in [0.717, 1.165) is 50.5 Å². The first kappa shape index (κ1) is 18.4. The number of halogens is 1. The summed E-state index contributed by atoms with van der Waals surface area (Å²) in [6, 6.07) is 0. The fourth-order valence-corrected chi connectivity index (χ4v) is 7.69. The van der Waals surface area contributed by atoms with Crippen LogP contribution >= 0.6 is 0 Å². The molecule has 144 valence electrons. The van der Waals surface area contributed by atoms with Crippen molar-refractivity contribution in [2.45, 2.75) is 72.1 Å². The second kappa shape index (κ2) is 6.29. The van der Waals surface area contributed by atoms with E-state index < -0.39 is 6.61 Å². The Hall–Kier alpha value is -0.960. The molecule has 0 radical (unpaired) electrons. The summed E-state index contributed by atoms with van der Waals surface area (Å²) in [6.45, 7) is 6.46. The number of allylic oxidation sites excluding steroid dienone is 2. The molecule has 0 bridgehead atoms. The van der Waals surface area contributed by atoms with E-state index in [1.165, 1.54) is 5.57 Å². The maximum Gasteiger partial charge on any atom is 0.155 e. The van der Waals surface area contributed by atoms with Gasteiger partial charge in [-0.2, -0.15) is 0 Å². The molecule has 0 saturated heterocycles. The number of carbonyl (C=O) groups is 1. The summed E-state index contributed by atoms with van der Waals surface area (Å²) in [4.78, 5) is 12.2. The molecule has 0 spiro atoms. The van der Waals surface area contributed by atoms with Gasteiger partial charge in [-0.1, -0.05) is 32.8 Å². The number of aliphatic hydroxyl groups excluding tert-OH is 1. The van der Waals surface area contributed by atoms with Crippen LogP contribution in [0.25, 0.3) is 0 Å². The van der Waals surface area contributed by atoms with Crippen LogP contribution < -0.4 is 0 Å². The van der Waals surface area contributed by atoms with Crippen LogP contribution in [0.3, 0.4) is 0 Å². The quantitative estimate of drug-likeness (QED) is 0.719. The second-order valence-corrected chi connectivity index (χ2v) is 9.68. The lowest BCUT2D eigenvalue weighted by molar-refractivity contribution is -0.120. The number of aliphatic hydroxyl groups is 1. The normalized spacial score (nSPS) is 47.0. The van der Waals surface area contributed by atoms with E-state index in [1.807, 2.05) is 6.08 Å². The highest BCUT2D eigenvalue weighted by atomic mass is 19.1. The van der Waals surface area contributed by atoms with Crippen LogP contribution in [0.4, 0.5) is 4.39 Å². The highest BCUT2D eigenvalue weighted by molar-refractivity contribution is 5.92. The van der Waals surface area contributed by atoms with Crippen molar-refractivity contribution in [1.82, 2.24) is 0 Å². The van der Waals surface area contributed by atoms with E-state index in [4.69, 9.17) is 0 Å². The van der Waals surface area contributed by atoms with Crippen molar-refractivity contribution in [3.05, 3.63) is 23.0 Å². The highest BCUT2D eigenvalue weighted by Crippen LogP contribution is 2.68. The predicted octanol–water partition coefficient (Wildman–Crippen LogP) is 5.37. The van der Waals surface area contributed by atoms with Crippen molar-refractivity contribution >= 4 is 5.78 Å². The molecule has 0 amide bonds. The third-order valence-electron chi connectivity index (χ3n) is 9.02. The van der Waals surface area contributed by atoms with Crippen molar-refractivity contribution in [3.8, 4) is 0 Å². The molecule has 3 fully saturated rings. The topological polar surface area (TPSA) is 37.3 Å². The molecule has 0 aliphatic heterocycles. The lowest BCUT2D eigenvalue weighted by atomic mass is 9.45. The Morgan fingerprint density at radius 2 is 2.00 bits per heavy atom. The number of fused-ring (bicyclic) bond motifs is 5. The van der Waals surface area contributed by atoms with Crippen LogP contribution in [0.5, 0.6) is 0 Å². The van der Waals surface area contributed by atoms with Crippen LogP contribution in [-0.2, 0) is 4.79 Å². The molecular formula is C23H33FO2. The second-order valence-electron chi connectivity index (χ2n) is 9.68. The van der Waals surface area contributed by atoms with Crippen molar-refractivity contribution < 1.29 is 14.3 Å². The first-order valence-corrected chi connectivity index (χ1v) is 10.6. The van der Waals surface area contributed by atoms with Crippen LogP contribution in [0.1, 0.15) is 72.1 Å². The lowest BCUT2D eigenvalue weighted by Gasteiger charge is -2.59. The summed E-state index contributed by atoms with van der Waals surface area (Å²) in [7, 11) is 0. The van der Waals surface area contributed by atoms with E-state index in [0.29, 0.717) is 35.9 Å². The van der Waals surface area contributed by atoms with Gasteiger partial charge in [0.1, 0.15) is 5.83 Å². The molecular weight excluding hydrogens is 327 g/mol. The van der Waals surface area contributed by atoms with Gasteiger partial charge in [-0.25, -0.2) is 4.39 Å². The molecule has 4 aliphatic rings. The zero-order valence-electron chi connectivity index (χ0n) is 16.5. The third kappa shape index (κ3) is 2.35. The van der Waals surface area contributed by atoms with Crippen molar-refractivity contribution in [3.63, 3.8) is 0 Å². The fraction of sp³-hybridized carbons (Fsp3) is 0.783. The predicted molar refractivity (Wildman–Crippen MR) is 101 cm³/mol. The summed E-state index contributed by atoms with van der Waals surface area (Å²) >= 11 is 0. The maximum absolute atomic E-state index is 14.4. The van der Waals surface area contributed by atoms with E-state index in [-0.39, 0.29) is 16.7 Å². The van der Waals surface area contributed by atoms with Crippen molar-refractivity contribution in [1.29, 1.82) is 0 Å². The number of hydrogen-bond acceptors (Lipinski definition) is 2. The Kier molecular flexibility index (Phi) is 4.45. The van der Waals surface area contributed by atoms with E-state index in [9.17, 15) is 14.3 Å². The molecule has 6 atom stereocenters. The van der Waals surface area contributed by atoms with Gasteiger partial charge in [0.25, 0.3) is 0 Å². The van der Waals surface area contributed by atoms with Gasteiger partial charge in [0.2, 0.25) is 0 Å². The fourth-order valence-electron chi connectivity index (χ4n) is 7.69. The van der Waals surface area contributed by atoms with Gasteiger partial charge in [0.05, 0.1) is 6.61 Å². The third-order valence-corrected chi connectivity index (χ3v) is 9.02. The van der Waals surface area contributed by atoms with Gasteiger partial charge in [-0.15, -0.1) is 0 Å². The first-order valence-electron chi connectivity index (χ1n) is 10.6. The molecule has 1 unspecified atom stereocenters. The monoisotopic (exact) mass is 360 g/mol. The Balaban J connectivity index is 1.72. The van der Waals surface area contributed by atoms with Gasteiger partial charge in [-0.3, -0.25) is 4.79 Å². The largest absolute Gasteiger partial charge is 0.389 e. The lowest BCUT2D eigenvalue weighted by Crippen LogP contribution is -2.52. The first-order chi connectivity index (χ1) is 12.4. The van der Waals surface area contributed by atoms with Crippen molar-refractivity contribution in [2.24, 2.45) is 34.5 Å². The number of rotatable bonds is 2. The minimum Gasteiger partial charge on any atom is -0.389 e. The van der Waals surface area contributed by atoms with Gasteiger partial charge >= 0.3 is 0 Å². The van der Waals surface area contributed by atoms with Gasteiger partial charge < -0.3 is 5.11 Å². The molecule has 26 heavy (non-hydrogen) atoms. The summed E-state index contributed by atoms with van der Waals surface area (Å²) in [5.74, 6) is 2.28. The number of ketones is 1. The Morgan fingerprint density at radius 3 is 2.69 bits per heavy atom. The summed E-state index contributed by atoms with van der Waals surface area (Å²) < 4.78 is 14.4. The summed E-state index contributed by atoms with van der Waals surface area (Å²) in [6.07, 6.45) is 9.94. The summed E-state index contributed by atoms with van der Waals surface area (Å²) in [5.41, 5.74) is 2.38. The zero-order chi connectivity index (χ0) is 18.7. The SMILES string of the molecule is CCC1CC(=O)C=C2CC[C@H]3[C@@H]4CCC(=C(F)CO)[C@@]4(C)CC[C@@H]3[C@]21C. The van der Waals surface area contributed by atoms with Crippen LogP contribution in [0.2, 0.25) is 0 Å². The molecule has 0 aromatic carbocycles. The molecule has 0 heterocycles. The number of carbonyl (C=O) groups excluding carboxylic acids is 1. The Labute approximate surface area is 156 Å². The molecule has 3 saturated carbocycles. The van der Waals surface area contributed by atoms with Crippen LogP contribution in [0.15, 0.2) is 23.0 Å². The molecule has 2 nitrogen and oxygen atoms in total. The molecule has 0 aromatic heterocycles. The highest BCUT2D eigenvalue weighted by Gasteiger charge is 2.59. The molecule has 4 aliphatic carbocycles. The van der Waals surface area contributed by atoms with Crippen LogP contribution in [0, 0.1) is 34.5 Å². The molecule has 1 N–H and O–H groups in total. The van der Waals surface area contributed by atoms with Gasteiger partial charge in [0, 0.05) is 6.42 Å². The number of hydrogen-bond donors (Lipinski definition) is 1. The summed E-state index contributed by atoms with van der Waals surface area (Å²) in [5, 5.41) is 9.35. The molecule has 4 rings (SSSR count). The Bertz CT molecular complexity index is 678. The van der Waals surface area contributed by atoms with E-state index in [1.54, 1.807) is 0 Å². The molecule has 0 aromatic rings. The van der Waals surface area contributed by atoms with Gasteiger partial charge in [-0.05, 0) is 84.7 Å². The van der Waals surface area contributed by atoms with Crippen molar-refractivity contribution in [2.75, 3.05) is 6.61 Å². The average Bonchev–Trinajstić information content (AvgIpc) is 2.98. The minimum atomic E-state index is -0.448.